The van der Waals surface area contributed by atoms with Crippen molar-refractivity contribution < 1.29 is 4.79 Å². The van der Waals surface area contributed by atoms with E-state index >= 15 is 0 Å². The van der Waals surface area contributed by atoms with E-state index in [9.17, 15) is 9.59 Å². The molecular formula is C17H25N7O2. The van der Waals surface area contributed by atoms with Gasteiger partial charge in [-0.15, -0.1) is 0 Å². The highest BCUT2D eigenvalue weighted by Gasteiger charge is 2.22. The Kier molecular flexibility index (Phi) is 5.77. The van der Waals surface area contributed by atoms with Gasteiger partial charge in [-0.3, -0.25) is 14.3 Å². The Morgan fingerprint density at radius 3 is 2.62 bits per heavy atom. The Hall–Kier alpha value is -2.73. The summed E-state index contributed by atoms with van der Waals surface area (Å²) in [5, 5.41) is 12.2. The molecule has 2 rings (SSSR count). The van der Waals surface area contributed by atoms with Crippen LogP contribution in [0.1, 0.15) is 26.6 Å². The molecule has 0 spiro atoms. The molecule has 1 amide bonds. The highest BCUT2D eigenvalue weighted by Crippen LogP contribution is 2.19. The van der Waals surface area contributed by atoms with Crippen molar-refractivity contribution in [1.82, 2.24) is 29.5 Å². The number of nitrogens with zero attached hydrogens (tertiary/aromatic N) is 6. The summed E-state index contributed by atoms with van der Waals surface area (Å²) in [6.07, 6.45) is 1.35. The summed E-state index contributed by atoms with van der Waals surface area (Å²) in [6.45, 7) is 7.64. The number of carbonyl (C=O) groups excluding carboxylic acids is 1. The molecule has 2 aromatic heterocycles. The second kappa shape index (κ2) is 7.66. The van der Waals surface area contributed by atoms with Gasteiger partial charge in [-0.05, 0) is 19.5 Å². The summed E-state index contributed by atoms with van der Waals surface area (Å²) in [6, 6.07) is 1.89. The zero-order valence-electron chi connectivity index (χ0n) is 15.9. The maximum atomic E-state index is 12.7. The van der Waals surface area contributed by atoms with Crippen LogP contribution in [0.4, 0.5) is 0 Å². The van der Waals surface area contributed by atoms with Crippen LogP contribution in [0.2, 0.25) is 0 Å². The number of rotatable bonds is 6. The average Bonchev–Trinajstić information content (AvgIpc) is 2.78. The van der Waals surface area contributed by atoms with Gasteiger partial charge in [0, 0.05) is 25.8 Å². The van der Waals surface area contributed by atoms with E-state index in [0.29, 0.717) is 30.7 Å². The largest absolute Gasteiger partial charge is 0.353 e. The van der Waals surface area contributed by atoms with Crippen molar-refractivity contribution in [3.8, 4) is 6.07 Å². The highest BCUT2D eigenvalue weighted by molar-refractivity contribution is 5.78. The summed E-state index contributed by atoms with van der Waals surface area (Å²) < 4.78 is 3.04. The van der Waals surface area contributed by atoms with Crippen LogP contribution in [0.3, 0.4) is 0 Å². The number of hydrogen-bond donors (Lipinski definition) is 1. The molecule has 2 aromatic rings. The molecule has 0 radical (unpaired) electrons. The monoisotopic (exact) mass is 359 g/mol. The van der Waals surface area contributed by atoms with Gasteiger partial charge in [0.25, 0.3) is 5.56 Å². The molecule has 2 heterocycles. The van der Waals surface area contributed by atoms with Gasteiger partial charge in [-0.1, -0.05) is 20.8 Å². The number of amides is 1. The first kappa shape index (κ1) is 19.6. The number of fused-ring (bicyclic) bond motifs is 1. The third-order valence-corrected chi connectivity index (χ3v) is 3.67. The molecule has 0 fully saturated rings. The lowest BCUT2D eigenvalue weighted by Gasteiger charge is -2.22. The second-order valence-corrected chi connectivity index (χ2v) is 7.68. The lowest BCUT2D eigenvalue weighted by atomic mass is 9.97. The Morgan fingerprint density at radius 2 is 2.04 bits per heavy atom. The number of likely N-dealkylation sites (N-methyl/N-ethyl adjacent to an activating group) is 1. The topological polar surface area (TPSA) is 109 Å². The van der Waals surface area contributed by atoms with E-state index in [4.69, 9.17) is 5.26 Å². The molecule has 9 heteroatoms. The second-order valence-electron chi connectivity index (χ2n) is 7.68. The summed E-state index contributed by atoms with van der Waals surface area (Å²) in [7, 11) is 3.84. The standard InChI is InChI=1S/C17H25N7O2/c1-17(2,3)11-24-15-12(9-20-13(8-18)21-15)16(26)23(24)10-14(25)19-6-7-22(4)5/h9H,6-7,10-11H2,1-5H3,(H,19,25). The van der Waals surface area contributed by atoms with Gasteiger partial charge in [0.1, 0.15) is 18.0 Å². The van der Waals surface area contributed by atoms with E-state index in [0.717, 1.165) is 0 Å². The number of nitrogens with one attached hydrogen (secondary N) is 1. The van der Waals surface area contributed by atoms with E-state index in [2.05, 4.69) is 15.3 Å². The molecule has 0 aliphatic carbocycles. The summed E-state index contributed by atoms with van der Waals surface area (Å²) in [5.41, 5.74) is -0.117. The Morgan fingerprint density at radius 1 is 1.35 bits per heavy atom. The van der Waals surface area contributed by atoms with E-state index in [-0.39, 0.29) is 29.3 Å². The van der Waals surface area contributed by atoms with Crippen LogP contribution in [-0.2, 0) is 17.9 Å². The Balaban J connectivity index is 2.42. The van der Waals surface area contributed by atoms with Gasteiger partial charge in [-0.25, -0.2) is 9.67 Å². The third-order valence-electron chi connectivity index (χ3n) is 3.67. The predicted molar refractivity (Wildman–Crippen MR) is 97.5 cm³/mol. The maximum Gasteiger partial charge on any atom is 0.278 e. The summed E-state index contributed by atoms with van der Waals surface area (Å²) in [5.74, 6) is -0.256. The minimum absolute atomic E-state index is 0.00672. The lowest BCUT2D eigenvalue weighted by molar-refractivity contribution is -0.122. The van der Waals surface area contributed by atoms with Crippen LogP contribution in [0.5, 0.6) is 0 Å². The van der Waals surface area contributed by atoms with Gasteiger partial charge in [0.2, 0.25) is 11.7 Å². The normalized spacial score (nSPS) is 11.7. The number of nitriles is 1. The number of carbonyl (C=O) groups is 1. The molecule has 0 aromatic carbocycles. The molecule has 0 saturated carbocycles. The van der Waals surface area contributed by atoms with Gasteiger partial charge in [-0.2, -0.15) is 10.2 Å². The van der Waals surface area contributed by atoms with Gasteiger partial charge in [0.05, 0.1) is 0 Å². The summed E-state index contributed by atoms with van der Waals surface area (Å²) in [4.78, 5) is 35.0. The number of aromatic nitrogens is 4. The van der Waals surface area contributed by atoms with E-state index in [1.807, 2.05) is 45.8 Å². The van der Waals surface area contributed by atoms with Crippen molar-refractivity contribution >= 4 is 16.9 Å². The molecule has 26 heavy (non-hydrogen) atoms. The lowest BCUT2D eigenvalue weighted by Crippen LogP contribution is -2.38. The van der Waals surface area contributed by atoms with Crippen molar-refractivity contribution in [3.05, 3.63) is 22.4 Å². The molecule has 9 nitrogen and oxygen atoms in total. The van der Waals surface area contributed by atoms with Crippen LogP contribution in [0.15, 0.2) is 11.0 Å². The molecule has 0 unspecified atom stereocenters. The van der Waals surface area contributed by atoms with Crippen LogP contribution in [0, 0.1) is 16.7 Å². The first-order valence-electron chi connectivity index (χ1n) is 8.40. The molecule has 0 bridgehead atoms. The van der Waals surface area contributed by atoms with Crippen molar-refractivity contribution in [3.63, 3.8) is 0 Å². The summed E-state index contributed by atoms with van der Waals surface area (Å²) >= 11 is 0. The molecule has 0 atom stereocenters. The van der Waals surface area contributed by atoms with E-state index in [1.165, 1.54) is 10.9 Å². The number of hydrogen-bond acceptors (Lipinski definition) is 6. The molecular weight excluding hydrogens is 334 g/mol. The first-order chi connectivity index (χ1) is 12.1. The zero-order valence-corrected chi connectivity index (χ0v) is 15.9. The maximum absolute atomic E-state index is 12.7. The van der Waals surface area contributed by atoms with E-state index < -0.39 is 0 Å². The average molecular weight is 359 g/mol. The highest BCUT2D eigenvalue weighted by atomic mass is 16.2. The SMILES string of the molecule is CN(C)CCNC(=O)Cn1c(=O)c2cnc(C#N)nc2n1CC(C)(C)C. The molecule has 0 aliphatic heterocycles. The van der Waals surface area contributed by atoms with E-state index in [1.54, 1.807) is 4.68 Å². The minimum Gasteiger partial charge on any atom is -0.353 e. The van der Waals surface area contributed by atoms with Crippen LogP contribution in [-0.4, -0.2) is 57.3 Å². The van der Waals surface area contributed by atoms with Gasteiger partial charge in [0.15, 0.2) is 5.65 Å². The minimum atomic E-state index is -0.337. The zero-order chi connectivity index (χ0) is 19.5. The fourth-order valence-corrected chi connectivity index (χ4v) is 2.51. The Labute approximate surface area is 152 Å². The van der Waals surface area contributed by atoms with Gasteiger partial charge < -0.3 is 10.2 Å². The van der Waals surface area contributed by atoms with Gasteiger partial charge >= 0.3 is 0 Å². The van der Waals surface area contributed by atoms with Crippen LogP contribution >= 0.6 is 0 Å². The molecule has 0 aliphatic rings. The van der Waals surface area contributed by atoms with Crippen molar-refractivity contribution in [1.29, 1.82) is 5.26 Å². The van der Waals surface area contributed by atoms with Crippen LogP contribution < -0.4 is 10.9 Å². The fourth-order valence-electron chi connectivity index (χ4n) is 2.51. The van der Waals surface area contributed by atoms with Crippen molar-refractivity contribution in [2.75, 3.05) is 27.2 Å². The van der Waals surface area contributed by atoms with Crippen LogP contribution in [0.25, 0.3) is 11.0 Å². The first-order valence-corrected chi connectivity index (χ1v) is 8.40. The smallest absolute Gasteiger partial charge is 0.278 e. The Bertz CT molecular complexity index is 897. The van der Waals surface area contributed by atoms with Crippen molar-refractivity contribution in [2.45, 2.75) is 33.9 Å². The predicted octanol–water partition coefficient (Wildman–Crippen LogP) is 0.189. The molecule has 140 valence electrons. The third kappa shape index (κ3) is 4.67. The molecule has 1 N–H and O–H groups in total. The quantitative estimate of drug-likeness (QED) is 0.788. The fraction of sp³-hybridized carbons (Fsp3) is 0.588. The molecule has 0 saturated heterocycles. The van der Waals surface area contributed by atoms with Crippen molar-refractivity contribution in [2.24, 2.45) is 5.41 Å².